The van der Waals surface area contributed by atoms with Gasteiger partial charge in [-0.25, -0.2) is 0 Å². The van der Waals surface area contributed by atoms with Crippen molar-refractivity contribution in [2.45, 2.75) is 25.9 Å². The Morgan fingerprint density at radius 2 is 2.28 bits per heavy atom. The summed E-state index contributed by atoms with van der Waals surface area (Å²) in [5.41, 5.74) is 2.41. The maximum absolute atomic E-state index is 12.1. The fourth-order valence-corrected chi connectivity index (χ4v) is 3.13. The molecular weight excluding hydrogens is 244 g/mol. The predicted octanol–water partition coefficient (Wildman–Crippen LogP) is 1.88. The molecule has 0 bridgehead atoms. The molecule has 1 heterocycles. The van der Waals surface area contributed by atoms with E-state index in [4.69, 9.17) is 0 Å². The Hall–Kier alpha value is -1.000. The standard InChI is InChI=1S/C14H20N2OS/c1-10-5-3-4-6-12(10)11(2)16-14(17)13-9-18-8-7-15-13/h3-6,11,13,15H,7-9H2,1-2H3,(H,16,17). The SMILES string of the molecule is Cc1ccccc1C(C)NC(=O)C1CSCCN1. The van der Waals surface area contributed by atoms with Crippen molar-refractivity contribution in [2.24, 2.45) is 0 Å². The molecule has 2 atom stereocenters. The molecule has 2 unspecified atom stereocenters. The highest BCUT2D eigenvalue weighted by atomic mass is 32.2. The predicted molar refractivity (Wildman–Crippen MR) is 76.9 cm³/mol. The molecule has 18 heavy (non-hydrogen) atoms. The molecular formula is C14H20N2OS. The van der Waals surface area contributed by atoms with Crippen molar-refractivity contribution in [2.75, 3.05) is 18.1 Å². The van der Waals surface area contributed by atoms with Gasteiger partial charge in [-0.15, -0.1) is 0 Å². The topological polar surface area (TPSA) is 41.1 Å². The largest absolute Gasteiger partial charge is 0.348 e. The summed E-state index contributed by atoms with van der Waals surface area (Å²) in [6.07, 6.45) is 0. The van der Waals surface area contributed by atoms with Gasteiger partial charge in [0.1, 0.15) is 0 Å². The van der Waals surface area contributed by atoms with Crippen LogP contribution in [-0.4, -0.2) is 30.0 Å². The van der Waals surface area contributed by atoms with Gasteiger partial charge in [0, 0.05) is 18.1 Å². The third-order valence-electron chi connectivity index (χ3n) is 3.25. The lowest BCUT2D eigenvalue weighted by Gasteiger charge is -2.25. The van der Waals surface area contributed by atoms with E-state index in [1.807, 2.05) is 30.8 Å². The second kappa shape index (κ2) is 6.25. The first-order chi connectivity index (χ1) is 8.68. The van der Waals surface area contributed by atoms with Crippen LogP contribution >= 0.6 is 11.8 Å². The Morgan fingerprint density at radius 1 is 1.50 bits per heavy atom. The number of carbonyl (C=O) groups is 1. The van der Waals surface area contributed by atoms with Crippen LogP contribution in [0.1, 0.15) is 24.1 Å². The first kappa shape index (κ1) is 13.4. The second-order valence-corrected chi connectivity index (χ2v) is 5.82. The fraction of sp³-hybridized carbons (Fsp3) is 0.500. The monoisotopic (exact) mass is 264 g/mol. The van der Waals surface area contributed by atoms with Crippen LogP contribution in [0.5, 0.6) is 0 Å². The Labute approximate surface area is 113 Å². The highest BCUT2D eigenvalue weighted by Gasteiger charge is 2.22. The number of thioether (sulfide) groups is 1. The summed E-state index contributed by atoms with van der Waals surface area (Å²) in [6, 6.07) is 8.20. The molecule has 1 aliphatic rings. The van der Waals surface area contributed by atoms with Gasteiger partial charge in [0.25, 0.3) is 0 Å². The Morgan fingerprint density at radius 3 is 2.94 bits per heavy atom. The molecule has 1 aliphatic heterocycles. The maximum Gasteiger partial charge on any atom is 0.238 e. The lowest BCUT2D eigenvalue weighted by molar-refractivity contribution is -0.123. The number of nitrogens with one attached hydrogen (secondary N) is 2. The molecule has 1 amide bonds. The molecule has 1 aromatic rings. The van der Waals surface area contributed by atoms with Gasteiger partial charge in [0.15, 0.2) is 0 Å². The first-order valence-electron chi connectivity index (χ1n) is 6.35. The van der Waals surface area contributed by atoms with E-state index < -0.39 is 0 Å². The molecule has 0 spiro atoms. The zero-order valence-corrected chi connectivity index (χ0v) is 11.7. The molecule has 2 N–H and O–H groups in total. The maximum atomic E-state index is 12.1. The van der Waals surface area contributed by atoms with E-state index >= 15 is 0 Å². The van der Waals surface area contributed by atoms with Gasteiger partial charge in [-0.2, -0.15) is 11.8 Å². The van der Waals surface area contributed by atoms with Gasteiger partial charge in [0.05, 0.1) is 12.1 Å². The molecule has 0 aliphatic carbocycles. The van der Waals surface area contributed by atoms with Crippen LogP contribution in [0.3, 0.4) is 0 Å². The smallest absolute Gasteiger partial charge is 0.238 e. The van der Waals surface area contributed by atoms with Gasteiger partial charge in [0.2, 0.25) is 5.91 Å². The summed E-state index contributed by atoms with van der Waals surface area (Å²) in [5.74, 6) is 2.07. The molecule has 1 fully saturated rings. The molecule has 0 aromatic heterocycles. The first-order valence-corrected chi connectivity index (χ1v) is 7.51. The van der Waals surface area contributed by atoms with E-state index in [2.05, 4.69) is 29.7 Å². The van der Waals surface area contributed by atoms with Crippen LogP contribution in [0.25, 0.3) is 0 Å². The van der Waals surface area contributed by atoms with Gasteiger partial charge in [-0.1, -0.05) is 24.3 Å². The molecule has 3 nitrogen and oxygen atoms in total. The van der Waals surface area contributed by atoms with Crippen LogP contribution in [0.2, 0.25) is 0 Å². The Balaban J connectivity index is 1.96. The lowest BCUT2D eigenvalue weighted by Crippen LogP contribution is -2.49. The number of rotatable bonds is 3. The van der Waals surface area contributed by atoms with E-state index in [9.17, 15) is 4.79 Å². The third-order valence-corrected chi connectivity index (χ3v) is 4.31. The minimum atomic E-state index is -0.0461. The number of amides is 1. The van der Waals surface area contributed by atoms with Crippen molar-refractivity contribution in [1.29, 1.82) is 0 Å². The van der Waals surface area contributed by atoms with E-state index in [-0.39, 0.29) is 18.0 Å². The number of benzene rings is 1. The van der Waals surface area contributed by atoms with Crippen LogP contribution < -0.4 is 10.6 Å². The van der Waals surface area contributed by atoms with E-state index in [1.165, 1.54) is 11.1 Å². The molecule has 1 saturated heterocycles. The van der Waals surface area contributed by atoms with E-state index in [1.54, 1.807) is 0 Å². The molecule has 1 aromatic carbocycles. The summed E-state index contributed by atoms with van der Waals surface area (Å²) in [7, 11) is 0. The van der Waals surface area contributed by atoms with Crippen LogP contribution in [0, 0.1) is 6.92 Å². The number of hydrogen-bond donors (Lipinski definition) is 2. The quantitative estimate of drug-likeness (QED) is 0.876. The minimum absolute atomic E-state index is 0.0461. The summed E-state index contributed by atoms with van der Waals surface area (Å²) in [5, 5.41) is 6.35. The highest BCUT2D eigenvalue weighted by molar-refractivity contribution is 7.99. The molecule has 0 saturated carbocycles. The van der Waals surface area contributed by atoms with Crippen LogP contribution in [-0.2, 0) is 4.79 Å². The van der Waals surface area contributed by atoms with Crippen molar-refractivity contribution in [1.82, 2.24) is 10.6 Å². The van der Waals surface area contributed by atoms with Gasteiger partial charge in [-0.3, -0.25) is 4.79 Å². The highest BCUT2D eigenvalue weighted by Crippen LogP contribution is 2.17. The molecule has 2 rings (SSSR count). The molecule has 0 radical (unpaired) electrons. The van der Waals surface area contributed by atoms with Gasteiger partial charge >= 0.3 is 0 Å². The minimum Gasteiger partial charge on any atom is -0.348 e. The number of carbonyl (C=O) groups excluding carboxylic acids is 1. The van der Waals surface area contributed by atoms with Gasteiger partial charge in [-0.05, 0) is 25.0 Å². The molecule has 4 heteroatoms. The van der Waals surface area contributed by atoms with Crippen molar-refractivity contribution < 1.29 is 4.79 Å². The van der Waals surface area contributed by atoms with E-state index in [0.717, 1.165) is 18.1 Å². The summed E-state index contributed by atoms with van der Waals surface area (Å²) in [4.78, 5) is 12.1. The third kappa shape index (κ3) is 3.27. The normalized spacial score (nSPS) is 21.3. The average Bonchev–Trinajstić information content (AvgIpc) is 2.40. The zero-order valence-electron chi connectivity index (χ0n) is 10.9. The Bertz CT molecular complexity index is 416. The summed E-state index contributed by atoms with van der Waals surface area (Å²) in [6.45, 7) is 5.03. The van der Waals surface area contributed by atoms with Crippen molar-refractivity contribution in [3.8, 4) is 0 Å². The second-order valence-electron chi connectivity index (χ2n) is 4.67. The van der Waals surface area contributed by atoms with Crippen molar-refractivity contribution >= 4 is 17.7 Å². The summed E-state index contributed by atoms with van der Waals surface area (Å²) >= 11 is 1.83. The molecule has 98 valence electrons. The van der Waals surface area contributed by atoms with Gasteiger partial charge < -0.3 is 10.6 Å². The van der Waals surface area contributed by atoms with Crippen molar-refractivity contribution in [3.63, 3.8) is 0 Å². The van der Waals surface area contributed by atoms with Crippen LogP contribution in [0.4, 0.5) is 0 Å². The number of aryl methyl sites for hydroxylation is 1. The summed E-state index contributed by atoms with van der Waals surface area (Å²) < 4.78 is 0. The number of hydrogen-bond acceptors (Lipinski definition) is 3. The average molecular weight is 264 g/mol. The van der Waals surface area contributed by atoms with Crippen molar-refractivity contribution in [3.05, 3.63) is 35.4 Å². The fourth-order valence-electron chi connectivity index (χ4n) is 2.20. The van der Waals surface area contributed by atoms with Crippen LogP contribution in [0.15, 0.2) is 24.3 Å². The van der Waals surface area contributed by atoms with E-state index in [0.29, 0.717) is 0 Å². The Kier molecular flexibility index (Phi) is 4.66. The lowest BCUT2D eigenvalue weighted by atomic mass is 10.0. The zero-order chi connectivity index (χ0) is 13.0.